The second kappa shape index (κ2) is 13.3. The van der Waals surface area contributed by atoms with Gasteiger partial charge in [-0.2, -0.15) is 13.2 Å². The van der Waals surface area contributed by atoms with Crippen LogP contribution in [-0.4, -0.2) is 61.4 Å². The highest BCUT2D eigenvalue weighted by atomic mass is 35.5. The van der Waals surface area contributed by atoms with Crippen LogP contribution < -0.4 is 16.0 Å². The van der Waals surface area contributed by atoms with Crippen LogP contribution in [0.4, 0.5) is 24.8 Å². The fraction of sp³-hybridized carbons (Fsp3) is 0.429. The Hall–Kier alpha value is -3.98. The van der Waals surface area contributed by atoms with Crippen molar-refractivity contribution in [2.75, 3.05) is 23.7 Å². The Balaban J connectivity index is 1.31. The van der Waals surface area contributed by atoms with E-state index in [0.717, 1.165) is 43.5 Å². The number of likely N-dealkylation sites (tertiary alicyclic amines) is 1. The van der Waals surface area contributed by atoms with E-state index in [9.17, 15) is 22.8 Å². The van der Waals surface area contributed by atoms with E-state index in [1.54, 1.807) is 13.0 Å². The summed E-state index contributed by atoms with van der Waals surface area (Å²) in [6.45, 7) is 13.2. The zero-order chi connectivity index (χ0) is 32.2. The second-order valence-corrected chi connectivity index (χ2v) is 12.5. The summed E-state index contributed by atoms with van der Waals surface area (Å²) in [6, 6.07) is 1.75. The number of amides is 2. The Morgan fingerprint density at radius 3 is 2.43 bits per heavy atom. The van der Waals surface area contributed by atoms with Crippen molar-refractivity contribution >= 4 is 46.4 Å². The predicted molar refractivity (Wildman–Crippen MR) is 160 cm³/mol. The summed E-state index contributed by atoms with van der Waals surface area (Å²) in [4.78, 5) is 44.1. The number of hydrogen-bond acceptors (Lipinski definition) is 10. The van der Waals surface area contributed by atoms with Crippen LogP contribution in [-0.2, 0) is 10.9 Å². The number of alkyl halides is 3. The summed E-state index contributed by atoms with van der Waals surface area (Å²) in [5.74, 6) is -0.337. The lowest BCUT2D eigenvalue weighted by Crippen LogP contribution is -2.40. The zero-order valence-electron chi connectivity index (χ0n) is 24.5. The van der Waals surface area contributed by atoms with Crippen molar-refractivity contribution in [1.82, 2.24) is 30.2 Å². The molecule has 4 heterocycles. The number of hydrogen-bond donors (Lipinski definition) is 3. The highest BCUT2D eigenvalue weighted by Crippen LogP contribution is 2.35. The van der Waals surface area contributed by atoms with Gasteiger partial charge in [0.15, 0.2) is 5.88 Å². The Morgan fingerprint density at radius 1 is 1.07 bits per heavy atom. The molecule has 0 bridgehead atoms. The molecule has 3 N–H and O–H groups in total. The summed E-state index contributed by atoms with van der Waals surface area (Å²) in [5, 5.41) is 8.28. The molecule has 1 fully saturated rings. The van der Waals surface area contributed by atoms with Crippen LogP contribution in [0.25, 0.3) is 0 Å². The minimum atomic E-state index is -4.71. The van der Waals surface area contributed by atoms with E-state index in [-0.39, 0.29) is 28.0 Å². The van der Waals surface area contributed by atoms with Crippen LogP contribution in [0, 0.1) is 0 Å². The van der Waals surface area contributed by atoms with Crippen LogP contribution in [0.15, 0.2) is 43.3 Å². The van der Waals surface area contributed by atoms with Gasteiger partial charge in [-0.25, -0.2) is 19.9 Å². The predicted octanol–water partition coefficient (Wildman–Crippen LogP) is 5.91. The molecule has 2 amide bonds. The maximum Gasteiger partial charge on any atom is 0.418 e. The molecule has 0 saturated carbocycles. The van der Waals surface area contributed by atoms with Gasteiger partial charge in [0.25, 0.3) is 11.8 Å². The van der Waals surface area contributed by atoms with Gasteiger partial charge < -0.3 is 25.6 Å². The summed E-state index contributed by atoms with van der Waals surface area (Å²) in [6.07, 6.45) is 0.326. The molecule has 0 aliphatic carbocycles. The number of aromatic nitrogens is 4. The van der Waals surface area contributed by atoms with E-state index in [4.69, 9.17) is 16.3 Å². The van der Waals surface area contributed by atoms with E-state index in [1.165, 1.54) is 12.5 Å². The number of carbonyl (C=O) groups is 2. The van der Waals surface area contributed by atoms with E-state index >= 15 is 0 Å². The maximum atomic E-state index is 13.1. The van der Waals surface area contributed by atoms with E-state index < -0.39 is 34.6 Å². The molecule has 1 aliphatic heterocycles. The number of pyridine rings is 1. The topological polar surface area (TPSA) is 134 Å². The van der Waals surface area contributed by atoms with Crippen molar-refractivity contribution in [2.45, 2.75) is 64.4 Å². The minimum absolute atomic E-state index is 0.111. The molecular weight excluding hydrogens is 621 g/mol. The smallest absolute Gasteiger partial charge is 0.418 e. The standard InChI is InChI=1S/C28H32ClF3N8O3S/c1-15(26-34-13-21(44-26)25(42)39-22-10-18(28(30,31)32)19(29)12-33-22)37-24(41)20-11-23(36-14-35-20)38-17-6-8-40(9-7-17)16(2)43-27(3,4)5/h10-15,17H,2,6-9H2,1,3-5H3,(H,37,41)(H,33,39,42)(H,35,36,38). The highest BCUT2D eigenvalue weighted by Gasteiger charge is 2.34. The third-order valence-electron chi connectivity index (χ3n) is 6.39. The first-order valence-electron chi connectivity index (χ1n) is 13.6. The first-order valence-corrected chi connectivity index (χ1v) is 14.8. The van der Waals surface area contributed by atoms with Crippen molar-refractivity contribution in [1.29, 1.82) is 0 Å². The van der Waals surface area contributed by atoms with Crippen molar-refractivity contribution in [2.24, 2.45) is 0 Å². The van der Waals surface area contributed by atoms with Gasteiger partial charge in [-0.3, -0.25) is 9.59 Å². The fourth-order valence-corrected chi connectivity index (χ4v) is 5.31. The average Bonchev–Trinajstić information content (AvgIpc) is 3.44. The Labute approximate surface area is 261 Å². The lowest BCUT2D eigenvalue weighted by Gasteiger charge is -2.37. The van der Waals surface area contributed by atoms with Crippen molar-refractivity contribution in [3.63, 3.8) is 0 Å². The summed E-state index contributed by atoms with van der Waals surface area (Å²) >= 11 is 6.56. The van der Waals surface area contributed by atoms with Crippen molar-refractivity contribution in [3.05, 3.63) is 69.5 Å². The van der Waals surface area contributed by atoms with Gasteiger partial charge in [0, 0.05) is 31.4 Å². The van der Waals surface area contributed by atoms with Gasteiger partial charge >= 0.3 is 6.18 Å². The maximum absolute atomic E-state index is 13.1. The number of rotatable bonds is 9. The van der Waals surface area contributed by atoms with Gasteiger partial charge in [-0.1, -0.05) is 11.6 Å². The molecule has 0 spiro atoms. The first kappa shape index (κ1) is 32.9. The second-order valence-electron chi connectivity index (χ2n) is 11.1. The SMILES string of the molecule is C=C(OC(C)(C)C)N1CCC(Nc2cc(C(=O)NC(C)c3ncc(C(=O)Nc4cc(C(F)(F)F)c(Cl)cn4)s3)ncn2)CC1. The third-order valence-corrected chi connectivity index (χ3v) is 7.87. The molecule has 11 nitrogen and oxygen atoms in total. The molecule has 1 saturated heterocycles. The van der Waals surface area contributed by atoms with Gasteiger partial charge in [0.05, 0.1) is 22.8 Å². The zero-order valence-corrected chi connectivity index (χ0v) is 26.0. The lowest BCUT2D eigenvalue weighted by molar-refractivity contribution is -0.137. The molecule has 3 aromatic heterocycles. The fourth-order valence-electron chi connectivity index (χ4n) is 4.29. The van der Waals surface area contributed by atoms with E-state index in [2.05, 4.69) is 47.4 Å². The van der Waals surface area contributed by atoms with Gasteiger partial charge in [0.1, 0.15) is 39.1 Å². The number of thiazole rings is 1. The molecule has 0 aromatic carbocycles. The molecule has 44 heavy (non-hydrogen) atoms. The number of ether oxygens (including phenoxy) is 1. The Morgan fingerprint density at radius 2 is 1.77 bits per heavy atom. The van der Waals surface area contributed by atoms with Crippen LogP contribution in [0.2, 0.25) is 5.02 Å². The number of nitrogens with zero attached hydrogens (tertiary/aromatic N) is 5. The molecule has 1 atom stereocenters. The number of anilines is 2. The third kappa shape index (κ3) is 8.78. The molecular formula is C28H32ClF3N8O3S. The molecule has 4 rings (SSSR count). The number of carbonyl (C=O) groups excluding carboxylic acids is 2. The lowest BCUT2D eigenvalue weighted by atomic mass is 10.1. The average molecular weight is 653 g/mol. The largest absolute Gasteiger partial charge is 0.474 e. The van der Waals surface area contributed by atoms with Crippen molar-refractivity contribution in [3.8, 4) is 0 Å². The van der Waals surface area contributed by atoms with Crippen LogP contribution in [0.5, 0.6) is 0 Å². The Bertz CT molecular complexity index is 1520. The molecule has 1 unspecified atom stereocenters. The molecule has 236 valence electrons. The number of nitrogens with one attached hydrogen (secondary N) is 3. The van der Waals surface area contributed by atoms with Crippen LogP contribution >= 0.6 is 22.9 Å². The monoisotopic (exact) mass is 652 g/mol. The normalized spacial score (nSPS) is 15.0. The van der Waals surface area contributed by atoms with Crippen LogP contribution in [0.1, 0.15) is 77.3 Å². The Kier molecular flexibility index (Phi) is 9.98. The molecule has 16 heteroatoms. The first-order chi connectivity index (χ1) is 20.6. The quantitative estimate of drug-likeness (QED) is 0.241. The van der Waals surface area contributed by atoms with E-state index in [1.807, 2.05) is 20.8 Å². The highest BCUT2D eigenvalue weighted by molar-refractivity contribution is 7.13. The van der Waals surface area contributed by atoms with Gasteiger partial charge in [-0.15, -0.1) is 11.3 Å². The summed E-state index contributed by atoms with van der Waals surface area (Å²) in [7, 11) is 0. The number of halogens is 4. The van der Waals surface area contributed by atoms with Gasteiger partial charge in [-0.05, 0) is 53.2 Å². The summed E-state index contributed by atoms with van der Waals surface area (Å²) in [5.41, 5.74) is -1.30. The number of piperidine rings is 1. The molecule has 0 radical (unpaired) electrons. The summed E-state index contributed by atoms with van der Waals surface area (Å²) < 4.78 is 45.3. The molecule has 1 aliphatic rings. The van der Waals surface area contributed by atoms with E-state index in [0.29, 0.717) is 22.8 Å². The van der Waals surface area contributed by atoms with Gasteiger partial charge in [0.2, 0.25) is 0 Å². The van der Waals surface area contributed by atoms with Crippen molar-refractivity contribution < 1.29 is 27.5 Å². The van der Waals surface area contributed by atoms with Crippen LogP contribution in [0.3, 0.4) is 0 Å². The minimum Gasteiger partial charge on any atom is -0.474 e. The molecule has 3 aromatic rings.